The summed E-state index contributed by atoms with van der Waals surface area (Å²) in [7, 11) is 0. The summed E-state index contributed by atoms with van der Waals surface area (Å²) >= 11 is 0. The Hall–Kier alpha value is -3.71. The maximum Gasteiger partial charge on any atom is 0.271 e. The van der Waals surface area contributed by atoms with E-state index >= 15 is 0 Å². The highest BCUT2D eigenvalue weighted by atomic mass is 16.6. The third kappa shape index (κ3) is 4.43. The van der Waals surface area contributed by atoms with Crippen molar-refractivity contribution in [3.05, 3.63) is 105 Å². The fourth-order valence-electron chi connectivity index (χ4n) is 2.31. The van der Waals surface area contributed by atoms with Crippen molar-refractivity contribution in [2.45, 2.75) is 6.92 Å². The minimum absolute atomic E-state index is 0.0364. The number of non-ortho nitro benzene ring substituents is 1. The molecule has 0 atom stereocenters. The van der Waals surface area contributed by atoms with Gasteiger partial charge in [0, 0.05) is 29.5 Å². The van der Waals surface area contributed by atoms with Gasteiger partial charge in [-0.1, -0.05) is 48.2 Å². The lowest BCUT2D eigenvalue weighted by Crippen LogP contribution is -1.88. The van der Waals surface area contributed by atoms with Crippen LogP contribution in [0.4, 0.5) is 11.4 Å². The molecular weight excluding hydrogens is 324 g/mol. The molecule has 3 aromatic rings. The highest BCUT2D eigenvalue weighted by Gasteiger charge is 2.07. The Labute approximate surface area is 152 Å². The van der Waals surface area contributed by atoms with Gasteiger partial charge in [-0.2, -0.15) is 0 Å². The van der Waals surface area contributed by atoms with E-state index in [2.05, 4.69) is 16.8 Å². The van der Waals surface area contributed by atoms with Crippen LogP contribution in [0.15, 0.2) is 77.8 Å². The predicted molar refractivity (Wildman–Crippen MR) is 104 cm³/mol. The molecule has 0 radical (unpaired) electrons. The summed E-state index contributed by atoms with van der Waals surface area (Å²) < 4.78 is 0. The van der Waals surface area contributed by atoms with Crippen LogP contribution in [0.2, 0.25) is 0 Å². The van der Waals surface area contributed by atoms with Gasteiger partial charge in [-0.15, -0.1) is 0 Å². The first-order valence-corrected chi connectivity index (χ1v) is 8.08. The SMILES string of the molecule is Cc1ccc([N+](=O)[O-])cc1N=Cc1ccc(C#Cc2ccccc2)cc1. The highest BCUT2D eigenvalue weighted by Crippen LogP contribution is 2.24. The fraction of sp³-hybridized carbons (Fsp3) is 0.0455. The van der Waals surface area contributed by atoms with Gasteiger partial charge in [0.05, 0.1) is 10.6 Å². The predicted octanol–water partition coefficient (Wildman–Crippen LogP) is 5.05. The molecule has 0 aromatic heterocycles. The molecule has 4 heteroatoms. The fourth-order valence-corrected chi connectivity index (χ4v) is 2.31. The van der Waals surface area contributed by atoms with Crippen molar-refractivity contribution in [1.82, 2.24) is 0 Å². The van der Waals surface area contributed by atoms with Gasteiger partial charge in [0.1, 0.15) is 0 Å². The van der Waals surface area contributed by atoms with Crippen molar-refractivity contribution in [3.8, 4) is 11.8 Å². The van der Waals surface area contributed by atoms with Gasteiger partial charge in [-0.3, -0.25) is 15.1 Å². The van der Waals surface area contributed by atoms with Crippen molar-refractivity contribution in [3.63, 3.8) is 0 Å². The number of benzene rings is 3. The molecular formula is C22H16N2O2. The van der Waals surface area contributed by atoms with Gasteiger partial charge in [0.2, 0.25) is 0 Å². The van der Waals surface area contributed by atoms with Crippen LogP contribution in [0, 0.1) is 28.9 Å². The number of hydrogen-bond acceptors (Lipinski definition) is 3. The van der Waals surface area contributed by atoms with Crippen molar-refractivity contribution >= 4 is 17.6 Å². The van der Waals surface area contributed by atoms with E-state index in [0.29, 0.717) is 5.69 Å². The molecule has 0 N–H and O–H groups in total. The van der Waals surface area contributed by atoms with Gasteiger partial charge in [-0.25, -0.2) is 0 Å². The van der Waals surface area contributed by atoms with Crippen LogP contribution in [-0.4, -0.2) is 11.1 Å². The third-order valence-electron chi connectivity index (χ3n) is 3.79. The summed E-state index contributed by atoms with van der Waals surface area (Å²) in [5, 5.41) is 10.9. The molecule has 0 saturated heterocycles. The van der Waals surface area contributed by atoms with Crippen molar-refractivity contribution in [2.24, 2.45) is 4.99 Å². The Balaban J connectivity index is 1.76. The maximum absolute atomic E-state index is 10.9. The minimum atomic E-state index is -0.418. The molecule has 0 amide bonds. The number of aliphatic imine (C=N–C) groups is 1. The number of hydrogen-bond donors (Lipinski definition) is 0. The van der Waals surface area contributed by atoms with Crippen molar-refractivity contribution in [2.75, 3.05) is 0 Å². The maximum atomic E-state index is 10.9. The minimum Gasteiger partial charge on any atom is -0.258 e. The molecule has 0 saturated carbocycles. The van der Waals surface area contributed by atoms with Crippen LogP contribution in [0.1, 0.15) is 22.3 Å². The normalized spacial score (nSPS) is 10.3. The van der Waals surface area contributed by atoms with Crippen LogP contribution < -0.4 is 0 Å². The average Bonchev–Trinajstić information content (AvgIpc) is 2.67. The second-order valence-corrected chi connectivity index (χ2v) is 5.72. The van der Waals surface area contributed by atoms with E-state index in [1.54, 1.807) is 12.3 Å². The number of rotatable bonds is 3. The number of aryl methyl sites for hydroxylation is 1. The van der Waals surface area contributed by atoms with E-state index in [-0.39, 0.29) is 5.69 Å². The molecule has 0 spiro atoms. The lowest BCUT2D eigenvalue weighted by Gasteiger charge is -2.00. The molecule has 3 rings (SSSR count). The summed E-state index contributed by atoms with van der Waals surface area (Å²) in [5.41, 5.74) is 4.30. The lowest BCUT2D eigenvalue weighted by atomic mass is 10.1. The van der Waals surface area contributed by atoms with E-state index in [1.807, 2.05) is 61.5 Å². The van der Waals surface area contributed by atoms with Gasteiger partial charge >= 0.3 is 0 Å². The van der Waals surface area contributed by atoms with Crippen LogP contribution >= 0.6 is 0 Å². The summed E-state index contributed by atoms with van der Waals surface area (Å²) in [5.74, 6) is 6.24. The third-order valence-corrected chi connectivity index (χ3v) is 3.79. The Morgan fingerprint density at radius 2 is 1.58 bits per heavy atom. The quantitative estimate of drug-likeness (QED) is 0.290. The van der Waals surface area contributed by atoms with E-state index in [4.69, 9.17) is 0 Å². The summed E-state index contributed by atoms with van der Waals surface area (Å²) in [4.78, 5) is 14.8. The first kappa shape index (κ1) is 17.1. The van der Waals surface area contributed by atoms with Crippen LogP contribution in [-0.2, 0) is 0 Å². The molecule has 0 bridgehead atoms. The smallest absolute Gasteiger partial charge is 0.258 e. The number of nitro groups is 1. The van der Waals surface area contributed by atoms with E-state index < -0.39 is 4.92 Å². The first-order valence-electron chi connectivity index (χ1n) is 8.08. The molecule has 0 unspecified atom stereocenters. The number of nitro benzene ring substituents is 1. The van der Waals surface area contributed by atoms with Crippen LogP contribution in [0.3, 0.4) is 0 Å². The molecule has 4 nitrogen and oxygen atoms in total. The van der Waals surface area contributed by atoms with Crippen molar-refractivity contribution in [1.29, 1.82) is 0 Å². The Morgan fingerprint density at radius 3 is 2.23 bits per heavy atom. The topological polar surface area (TPSA) is 55.5 Å². The van der Waals surface area contributed by atoms with E-state index in [0.717, 1.165) is 22.3 Å². The van der Waals surface area contributed by atoms with Crippen LogP contribution in [0.5, 0.6) is 0 Å². The Morgan fingerprint density at radius 1 is 0.923 bits per heavy atom. The molecule has 0 fully saturated rings. The first-order chi connectivity index (χ1) is 12.6. The zero-order valence-electron chi connectivity index (χ0n) is 14.2. The van der Waals surface area contributed by atoms with E-state index in [9.17, 15) is 10.1 Å². The van der Waals surface area contributed by atoms with Gasteiger partial charge in [-0.05, 0) is 42.3 Å². The second kappa shape index (κ2) is 7.91. The molecule has 0 aliphatic carbocycles. The number of nitrogens with zero attached hydrogens (tertiary/aromatic N) is 2. The zero-order chi connectivity index (χ0) is 18.4. The summed E-state index contributed by atoms with van der Waals surface area (Å²) in [6.07, 6.45) is 1.69. The highest BCUT2D eigenvalue weighted by molar-refractivity contribution is 5.82. The Kier molecular flexibility index (Phi) is 5.21. The Bertz CT molecular complexity index is 1010. The average molecular weight is 340 g/mol. The molecule has 26 heavy (non-hydrogen) atoms. The molecule has 0 heterocycles. The van der Waals surface area contributed by atoms with Gasteiger partial charge in [0.15, 0.2) is 0 Å². The van der Waals surface area contributed by atoms with E-state index in [1.165, 1.54) is 12.1 Å². The molecule has 3 aromatic carbocycles. The summed E-state index contributed by atoms with van der Waals surface area (Å²) in [6, 6.07) is 22.2. The van der Waals surface area contributed by atoms with Crippen molar-refractivity contribution < 1.29 is 4.92 Å². The molecule has 0 aliphatic heterocycles. The summed E-state index contributed by atoms with van der Waals surface area (Å²) in [6.45, 7) is 1.87. The molecule has 0 aliphatic rings. The lowest BCUT2D eigenvalue weighted by molar-refractivity contribution is -0.384. The standard InChI is InChI=1S/C22H16N2O2/c1-17-7-14-21(24(25)26)15-22(17)23-16-20-12-10-19(11-13-20)9-8-18-5-3-2-4-6-18/h2-7,10-16H,1H3. The van der Waals surface area contributed by atoms with Gasteiger partial charge < -0.3 is 0 Å². The second-order valence-electron chi connectivity index (χ2n) is 5.72. The van der Waals surface area contributed by atoms with Crippen LogP contribution in [0.25, 0.3) is 0 Å². The van der Waals surface area contributed by atoms with Gasteiger partial charge in [0.25, 0.3) is 5.69 Å². The largest absolute Gasteiger partial charge is 0.271 e. The monoisotopic (exact) mass is 340 g/mol. The zero-order valence-corrected chi connectivity index (χ0v) is 14.2. The molecule has 126 valence electrons.